The number of pyridine rings is 1. The molecule has 3 aliphatic rings. The Labute approximate surface area is 266 Å². The molecule has 2 amide bonds. The van der Waals surface area contributed by atoms with Gasteiger partial charge in [0.15, 0.2) is 0 Å². The third kappa shape index (κ3) is 6.95. The lowest BCUT2D eigenvalue weighted by molar-refractivity contribution is -0.121. The quantitative estimate of drug-likeness (QED) is 0.436. The Kier molecular flexibility index (Phi) is 9.04. The smallest absolute Gasteiger partial charge is 0.253 e. The molecule has 2 saturated heterocycles. The molecule has 6 rings (SSSR count). The summed E-state index contributed by atoms with van der Waals surface area (Å²) in [6.45, 7) is 14.2. The molecule has 45 heavy (non-hydrogen) atoms. The summed E-state index contributed by atoms with van der Waals surface area (Å²) in [5.41, 5.74) is 4.33. The molecule has 1 aromatic heterocycles. The minimum Gasteiger partial charge on any atom is -0.336 e. The highest BCUT2D eigenvalue weighted by Crippen LogP contribution is 2.40. The number of aromatic nitrogens is 1. The molecular formula is C36H45FN6O2. The maximum atomic E-state index is 14.1. The fourth-order valence-corrected chi connectivity index (χ4v) is 7.08. The number of rotatable bonds is 7. The van der Waals surface area contributed by atoms with Gasteiger partial charge in [-0.1, -0.05) is 44.2 Å². The van der Waals surface area contributed by atoms with E-state index in [9.17, 15) is 14.0 Å². The number of fused-ring (bicyclic) bond motifs is 1. The Balaban J connectivity index is 1.13. The van der Waals surface area contributed by atoms with Crippen LogP contribution in [-0.2, 0) is 16.6 Å². The van der Waals surface area contributed by atoms with Gasteiger partial charge in [-0.25, -0.2) is 4.39 Å². The predicted molar refractivity (Wildman–Crippen MR) is 175 cm³/mol. The Morgan fingerprint density at radius 2 is 1.73 bits per heavy atom. The zero-order chi connectivity index (χ0) is 31.7. The van der Waals surface area contributed by atoms with Crippen LogP contribution < -0.4 is 10.2 Å². The molecule has 4 heterocycles. The third-order valence-corrected chi connectivity index (χ3v) is 9.62. The SMILES string of the molecule is C[C@@H]1CN(CC(=O)N2CC(C)(C)c3ncc(Cc4ccc(F)cc4)cc32)[C@@H](CN2CCN(C(=O)c3ccccc3)C[C@H]2C)CN1. The molecule has 2 fully saturated rings. The number of hydrogen-bond acceptors (Lipinski definition) is 6. The van der Waals surface area contributed by atoms with E-state index in [1.54, 1.807) is 12.1 Å². The Morgan fingerprint density at radius 3 is 2.47 bits per heavy atom. The van der Waals surface area contributed by atoms with Crippen molar-refractivity contribution >= 4 is 17.5 Å². The number of piperazine rings is 2. The summed E-state index contributed by atoms with van der Waals surface area (Å²) in [6, 6.07) is 18.8. The largest absolute Gasteiger partial charge is 0.336 e. The summed E-state index contributed by atoms with van der Waals surface area (Å²) in [5, 5.41) is 3.63. The molecule has 9 heteroatoms. The summed E-state index contributed by atoms with van der Waals surface area (Å²) in [6.07, 6.45) is 2.52. The van der Waals surface area contributed by atoms with Crippen molar-refractivity contribution in [1.82, 2.24) is 25.0 Å². The van der Waals surface area contributed by atoms with E-state index in [0.29, 0.717) is 32.6 Å². The van der Waals surface area contributed by atoms with Crippen molar-refractivity contribution in [3.8, 4) is 0 Å². The molecule has 0 aliphatic carbocycles. The second-order valence-electron chi connectivity index (χ2n) is 13.7. The van der Waals surface area contributed by atoms with Crippen LogP contribution in [0.25, 0.3) is 0 Å². The zero-order valence-electron chi connectivity index (χ0n) is 26.9. The van der Waals surface area contributed by atoms with Gasteiger partial charge in [0.2, 0.25) is 5.91 Å². The number of hydrogen-bond donors (Lipinski definition) is 1. The first-order valence-corrected chi connectivity index (χ1v) is 16.2. The highest BCUT2D eigenvalue weighted by atomic mass is 19.1. The fraction of sp³-hybridized carbons (Fsp3) is 0.472. The first kappa shape index (κ1) is 31.3. The lowest BCUT2D eigenvalue weighted by Crippen LogP contribution is -2.63. The lowest BCUT2D eigenvalue weighted by Gasteiger charge is -2.45. The number of nitrogens with zero attached hydrogens (tertiary/aromatic N) is 5. The molecule has 2 aromatic carbocycles. The number of anilines is 1. The lowest BCUT2D eigenvalue weighted by atomic mass is 9.91. The van der Waals surface area contributed by atoms with Gasteiger partial charge in [0.25, 0.3) is 5.91 Å². The molecule has 3 atom stereocenters. The van der Waals surface area contributed by atoms with Crippen LogP contribution in [0.3, 0.4) is 0 Å². The molecule has 1 N–H and O–H groups in total. The molecule has 0 unspecified atom stereocenters. The average Bonchev–Trinajstić information content (AvgIpc) is 3.30. The summed E-state index contributed by atoms with van der Waals surface area (Å²) in [7, 11) is 0. The van der Waals surface area contributed by atoms with Crippen molar-refractivity contribution in [2.24, 2.45) is 0 Å². The van der Waals surface area contributed by atoms with Gasteiger partial charge in [0.1, 0.15) is 5.82 Å². The monoisotopic (exact) mass is 612 g/mol. The van der Waals surface area contributed by atoms with Gasteiger partial charge in [-0.15, -0.1) is 0 Å². The topological polar surface area (TPSA) is 72.0 Å². The normalized spacial score (nSPS) is 23.6. The first-order chi connectivity index (χ1) is 21.6. The average molecular weight is 613 g/mol. The van der Waals surface area contributed by atoms with Gasteiger partial charge in [-0.05, 0) is 61.7 Å². The summed E-state index contributed by atoms with van der Waals surface area (Å²) in [5.74, 6) is -0.0700. The number of carbonyl (C=O) groups is 2. The summed E-state index contributed by atoms with van der Waals surface area (Å²) >= 11 is 0. The predicted octanol–water partition coefficient (Wildman–Crippen LogP) is 3.94. The summed E-state index contributed by atoms with van der Waals surface area (Å²) in [4.78, 5) is 40.7. The van der Waals surface area contributed by atoms with Crippen LogP contribution in [0.4, 0.5) is 10.1 Å². The Morgan fingerprint density at radius 1 is 0.978 bits per heavy atom. The summed E-state index contributed by atoms with van der Waals surface area (Å²) < 4.78 is 13.4. The van der Waals surface area contributed by atoms with E-state index in [-0.39, 0.29) is 41.2 Å². The van der Waals surface area contributed by atoms with Crippen LogP contribution in [-0.4, -0.2) is 102 Å². The highest BCUT2D eigenvalue weighted by molar-refractivity contribution is 5.97. The van der Waals surface area contributed by atoms with Crippen LogP contribution in [0, 0.1) is 5.82 Å². The number of amides is 2. The fourth-order valence-electron chi connectivity index (χ4n) is 7.08. The molecule has 0 spiro atoms. The van der Waals surface area contributed by atoms with E-state index >= 15 is 0 Å². The van der Waals surface area contributed by atoms with Crippen molar-refractivity contribution < 1.29 is 14.0 Å². The standard InChI is InChI=1S/C36H45FN6O2/c1-25-20-42(31(19-38-25)22-40-14-15-41(21-26(40)2)35(45)29-8-6-5-7-9-29)23-33(44)43-24-36(3,4)34-32(43)17-28(18-39-34)16-27-10-12-30(37)13-11-27/h5-13,17-18,25-26,31,38H,14-16,19-24H2,1-4H3/t25-,26-,31-/m1/s1. The van der Waals surface area contributed by atoms with E-state index in [1.165, 1.54) is 12.1 Å². The first-order valence-electron chi connectivity index (χ1n) is 16.2. The van der Waals surface area contributed by atoms with Crippen molar-refractivity contribution in [1.29, 1.82) is 0 Å². The molecule has 0 bridgehead atoms. The van der Waals surface area contributed by atoms with Gasteiger partial charge in [-0.3, -0.25) is 24.4 Å². The molecule has 238 valence electrons. The van der Waals surface area contributed by atoms with Crippen LogP contribution >= 0.6 is 0 Å². The van der Waals surface area contributed by atoms with Gasteiger partial charge in [-0.2, -0.15) is 0 Å². The number of carbonyl (C=O) groups excluding carboxylic acids is 2. The maximum Gasteiger partial charge on any atom is 0.253 e. The van der Waals surface area contributed by atoms with E-state index in [2.05, 4.69) is 48.9 Å². The third-order valence-electron chi connectivity index (χ3n) is 9.62. The molecule has 3 aromatic rings. The van der Waals surface area contributed by atoms with E-state index in [0.717, 1.165) is 54.3 Å². The van der Waals surface area contributed by atoms with Gasteiger partial charge < -0.3 is 15.1 Å². The number of halogens is 1. The van der Waals surface area contributed by atoms with Crippen LogP contribution in [0.5, 0.6) is 0 Å². The van der Waals surface area contributed by atoms with Crippen molar-refractivity contribution in [3.63, 3.8) is 0 Å². The minimum atomic E-state index is -0.250. The highest BCUT2D eigenvalue weighted by Gasteiger charge is 2.41. The number of nitrogens with one attached hydrogen (secondary N) is 1. The second kappa shape index (κ2) is 13.0. The van der Waals surface area contributed by atoms with E-state index in [4.69, 9.17) is 4.98 Å². The minimum absolute atomic E-state index is 0.0895. The van der Waals surface area contributed by atoms with Crippen LogP contribution in [0.1, 0.15) is 54.9 Å². The maximum absolute atomic E-state index is 14.1. The van der Waals surface area contributed by atoms with Crippen molar-refractivity contribution in [2.75, 3.05) is 57.3 Å². The van der Waals surface area contributed by atoms with Crippen molar-refractivity contribution in [3.05, 3.63) is 95.1 Å². The molecular weight excluding hydrogens is 567 g/mol. The second-order valence-corrected chi connectivity index (χ2v) is 13.7. The van der Waals surface area contributed by atoms with E-state index in [1.807, 2.05) is 46.3 Å². The molecule has 0 saturated carbocycles. The van der Waals surface area contributed by atoms with Gasteiger partial charge >= 0.3 is 0 Å². The Hall–Kier alpha value is -3.66. The molecule has 8 nitrogen and oxygen atoms in total. The van der Waals surface area contributed by atoms with Crippen LogP contribution in [0.2, 0.25) is 0 Å². The number of benzene rings is 2. The van der Waals surface area contributed by atoms with Gasteiger partial charge in [0.05, 0.1) is 17.9 Å². The molecule has 0 radical (unpaired) electrons. The van der Waals surface area contributed by atoms with Crippen LogP contribution in [0.15, 0.2) is 66.9 Å². The van der Waals surface area contributed by atoms with Crippen molar-refractivity contribution in [2.45, 2.75) is 57.7 Å². The zero-order valence-corrected chi connectivity index (χ0v) is 26.9. The van der Waals surface area contributed by atoms with Gasteiger partial charge in [0, 0.05) is 81.1 Å². The Bertz CT molecular complexity index is 1510. The van der Waals surface area contributed by atoms with E-state index < -0.39 is 0 Å². The molecule has 3 aliphatic heterocycles.